The summed E-state index contributed by atoms with van der Waals surface area (Å²) >= 11 is 0. The highest BCUT2D eigenvalue weighted by atomic mass is 16.4. The van der Waals surface area contributed by atoms with Crippen LogP contribution < -0.4 is 11.1 Å². The second-order valence-electron chi connectivity index (χ2n) is 5.69. The zero-order valence-electron chi connectivity index (χ0n) is 10.8. The summed E-state index contributed by atoms with van der Waals surface area (Å²) in [5.74, 6) is -0.846. The Balaban J connectivity index is 1.88. The van der Waals surface area contributed by atoms with Crippen LogP contribution in [0.1, 0.15) is 38.5 Å². The van der Waals surface area contributed by atoms with Crippen LogP contribution in [0.5, 0.6) is 0 Å². The molecule has 106 valence electrons. The summed E-state index contributed by atoms with van der Waals surface area (Å²) in [6, 6.07) is -1.01. The lowest BCUT2D eigenvalue weighted by Gasteiger charge is -2.23. The van der Waals surface area contributed by atoms with E-state index in [2.05, 4.69) is 5.32 Å². The maximum Gasteiger partial charge on any atom is 0.326 e. The van der Waals surface area contributed by atoms with Gasteiger partial charge in [-0.25, -0.2) is 4.79 Å². The van der Waals surface area contributed by atoms with Crippen molar-refractivity contribution in [1.29, 1.82) is 0 Å². The van der Waals surface area contributed by atoms with Crippen LogP contribution >= 0.6 is 0 Å². The number of carboxylic acid groups (broad SMARTS) is 1. The number of nitrogens with two attached hydrogens (primary N) is 1. The van der Waals surface area contributed by atoms with E-state index in [1.165, 1.54) is 6.42 Å². The number of aliphatic carboxylic acids is 1. The molecule has 4 atom stereocenters. The average Bonchev–Trinajstić information content (AvgIpc) is 2.95. The molecule has 4 N–H and O–H groups in total. The molecular weight excluding hydrogens is 248 g/mol. The van der Waals surface area contributed by atoms with Gasteiger partial charge in [0.05, 0.1) is 0 Å². The maximum absolute atomic E-state index is 12.1. The van der Waals surface area contributed by atoms with Gasteiger partial charge in [-0.1, -0.05) is 6.42 Å². The summed E-state index contributed by atoms with van der Waals surface area (Å²) in [4.78, 5) is 33.8. The molecule has 2 fully saturated rings. The number of hydrogen-bond acceptors (Lipinski definition) is 3. The van der Waals surface area contributed by atoms with E-state index < -0.39 is 17.9 Å². The van der Waals surface area contributed by atoms with Gasteiger partial charge in [0.1, 0.15) is 6.04 Å². The van der Waals surface area contributed by atoms with Crippen molar-refractivity contribution in [2.24, 2.45) is 23.5 Å². The van der Waals surface area contributed by atoms with Crippen LogP contribution in [0.15, 0.2) is 0 Å². The molecule has 2 bridgehead atoms. The van der Waals surface area contributed by atoms with Crippen LogP contribution in [0.25, 0.3) is 0 Å². The molecule has 2 amide bonds. The highest BCUT2D eigenvalue weighted by Crippen LogP contribution is 2.48. The van der Waals surface area contributed by atoms with Crippen molar-refractivity contribution >= 4 is 17.8 Å². The SMILES string of the molecule is NC(=O)CCC(NC(=O)C1CC2CCC1C2)C(=O)O. The Labute approximate surface area is 111 Å². The third-order valence-electron chi connectivity index (χ3n) is 4.37. The quantitative estimate of drug-likeness (QED) is 0.641. The van der Waals surface area contributed by atoms with Crippen molar-refractivity contribution in [2.45, 2.75) is 44.6 Å². The topological polar surface area (TPSA) is 109 Å². The molecule has 2 rings (SSSR count). The molecule has 0 aliphatic heterocycles. The molecular formula is C13H20N2O4. The fourth-order valence-electron chi connectivity index (χ4n) is 3.39. The highest BCUT2D eigenvalue weighted by molar-refractivity contribution is 5.86. The van der Waals surface area contributed by atoms with Crippen molar-refractivity contribution in [3.8, 4) is 0 Å². The molecule has 0 aromatic rings. The second kappa shape index (κ2) is 5.59. The molecule has 6 nitrogen and oxygen atoms in total. The Morgan fingerprint density at radius 3 is 2.47 bits per heavy atom. The van der Waals surface area contributed by atoms with Gasteiger partial charge in [0.25, 0.3) is 0 Å². The maximum atomic E-state index is 12.1. The lowest BCUT2D eigenvalue weighted by atomic mass is 9.88. The minimum Gasteiger partial charge on any atom is -0.480 e. The summed E-state index contributed by atoms with van der Waals surface area (Å²) in [6.45, 7) is 0. The van der Waals surface area contributed by atoms with Crippen LogP contribution in [0.2, 0.25) is 0 Å². The van der Waals surface area contributed by atoms with Gasteiger partial charge in [-0.15, -0.1) is 0 Å². The van der Waals surface area contributed by atoms with Crippen molar-refractivity contribution < 1.29 is 19.5 Å². The Hall–Kier alpha value is -1.59. The molecule has 2 saturated carbocycles. The minimum absolute atomic E-state index is 0.0338. The molecule has 0 spiro atoms. The predicted molar refractivity (Wildman–Crippen MR) is 66.9 cm³/mol. The summed E-state index contributed by atoms with van der Waals surface area (Å²) in [6.07, 6.45) is 4.25. The van der Waals surface area contributed by atoms with Gasteiger partial charge in [-0.2, -0.15) is 0 Å². The van der Waals surface area contributed by atoms with Crippen molar-refractivity contribution in [3.63, 3.8) is 0 Å². The molecule has 6 heteroatoms. The third kappa shape index (κ3) is 3.24. The molecule has 0 aromatic carbocycles. The largest absolute Gasteiger partial charge is 0.480 e. The first kappa shape index (κ1) is 13.8. The van der Waals surface area contributed by atoms with Crippen LogP contribution in [0.4, 0.5) is 0 Å². The van der Waals surface area contributed by atoms with E-state index in [1.54, 1.807) is 0 Å². The van der Waals surface area contributed by atoms with Crippen LogP contribution in [-0.2, 0) is 14.4 Å². The zero-order valence-corrected chi connectivity index (χ0v) is 10.8. The number of carbonyl (C=O) groups is 3. The fourth-order valence-corrected chi connectivity index (χ4v) is 3.39. The van der Waals surface area contributed by atoms with Gasteiger partial charge in [0.15, 0.2) is 0 Å². The monoisotopic (exact) mass is 268 g/mol. The van der Waals surface area contributed by atoms with Crippen molar-refractivity contribution in [3.05, 3.63) is 0 Å². The van der Waals surface area contributed by atoms with Gasteiger partial charge in [0, 0.05) is 12.3 Å². The Bertz CT molecular complexity index is 396. The first-order valence-electron chi connectivity index (χ1n) is 6.79. The first-order valence-corrected chi connectivity index (χ1v) is 6.79. The Morgan fingerprint density at radius 1 is 1.26 bits per heavy atom. The number of carboxylic acids is 1. The van der Waals surface area contributed by atoms with E-state index in [9.17, 15) is 14.4 Å². The van der Waals surface area contributed by atoms with E-state index >= 15 is 0 Å². The molecule has 19 heavy (non-hydrogen) atoms. The van der Waals surface area contributed by atoms with Crippen LogP contribution in [0.3, 0.4) is 0 Å². The highest BCUT2D eigenvalue weighted by Gasteiger charge is 2.43. The van der Waals surface area contributed by atoms with E-state index in [1.807, 2.05) is 0 Å². The zero-order chi connectivity index (χ0) is 14.0. The van der Waals surface area contributed by atoms with Gasteiger partial charge in [-0.05, 0) is 37.5 Å². The van der Waals surface area contributed by atoms with Gasteiger partial charge < -0.3 is 16.2 Å². The molecule has 0 aromatic heterocycles. The smallest absolute Gasteiger partial charge is 0.326 e. The summed E-state index contributed by atoms with van der Waals surface area (Å²) in [7, 11) is 0. The number of primary amides is 1. The summed E-state index contributed by atoms with van der Waals surface area (Å²) in [5.41, 5.74) is 5.00. The number of fused-ring (bicyclic) bond motifs is 2. The molecule has 4 unspecified atom stereocenters. The lowest BCUT2D eigenvalue weighted by molar-refractivity contribution is -0.143. The minimum atomic E-state index is -1.11. The molecule has 0 radical (unpaired) electrons. The molecule has 2 aliphatic carbocycles. The number of carbonyl (C=O) groups excluding carboxylic acids is 2. The standard InChI is InChI=1S/C13H20N2O4/c14-11(16)4-3-10(13(18)19)15-12(17)9-6-7-1-2-8(9)5-7/h7-10H,1-6H2,(H2,14,16)(H,15,17)(H,18,19). The third-order valence-corrected chi connectivity index (χ3v) is 4.37. The number of rotatable bonds is 6. The molecule has 0 saturated heterocycles. The lowest BCUT2D eigenvalue weighted by Crippen LogP contribution is -2.45. The summed E-state index contributed by atoms with van der Waals surface area (Å²) in [5, 5.41) is 11.6. The Kier molecular flexibility index (Phi) is 4.07. The van der Waals surface area contributed by atoms with Crippen molar-refractivity contribution in [1.82, 2.24) is 5.32 Å². The van der Waals surface area contributed by atoms with Gasteiger partial charge >= 0.3 is 5.97 Å². The van der Waals surface area contributed by atoms with E-state index in [0.29, 0.717) is 11.8 Å². The number of nitrogens with one attached hydrogen (secondary N) is 1. The predicted octanol–water partition coefficient (Wildman–Crippen LogP) is 0.257. The Morgan fingerprint density at radius 2 is 2.00 bits per heavy atom. The molecule has 0 heterocycles. The fraction of sp³-hybridized carbons (Fsp3) is 0.769. The van der Waals surface area contributed by atoms with Gasteiger partial charge in [-0.3, -0.25) is 9.59 Å². The van der Waals surface area contributed by atoms with Crippen molar-refractivity contribution in [2.75, 3.05) is 0 Å². The summed E-state index contributed by atoms with van der Waals surface area (Å²) < 4.78 is 0. The van der Waals surface area contributed by atoms with E-state index in [-0.39, 0.29) is 24.7 Å². The van der Waals surface area contributed by atoms with E-state index in [4.69, 9.17) is 10.8 Å². The first-order chi connectivity index (χ1) is 8.97. The number of hydrogen-bond donors (Lipinski definition) is 3. The second-order valence-corrected chi connectivity index (χ2v) is 5.69. The normalized spacial score (nSPS) is 30.0. The number of amides is 2. The molecule has 2 aliphatic rings. The van der Waals surface area contributed by atoms with E-state index in [0.717, 1.165) is 19.3 Å². The van der Waals surface area contributed by atoms with Gasteiger partial charge in [0.2, 0.25) is 11.8 Å². The van der Waals surface area contributed by atoms with Crippen LogP contribution in [-0.4, -0.2) is 28.9 Å². The van der Waals surface area contributed by atoms with Crippen LogP contribution in [0, 0.1) is 17.8 Å². The average molecular weight is 268 g/mol.